The van der Waals surface area contributed by atoms with Crippen molar-refractivity contribution in [1.82, 2.24) is 20.0 Å². The van der Waals surface area contributed by atoms with E-state index < -0.39 is 0 Å². The van der Waals surface area contributed by atoms with Gasteiger partial charge in [-0.1, -0.05) is 28.9 Å². The zero-order valence-electron chi connectivity index (χ0n) is 16.0. The second-order valence-electron chi connectivity index (χ2n) is 7.22. The second kappa shape index (κ2) is 7.74. The Hall–Kier alpha value is -2.48. The average molecular weight is 426 g/mol. The lowest BCUT2D eigenvalue weighted by Gasteiger charge is -2.35. The van der Waals surface area contributed by atoms with Crippen molar-refractivity contribution in [2.75, 3.05) is 31.1 Å². The highest BCUT2D eigenvalue weighted by Crippen LogP contribution is 2.37. The van der Waals surface area contributed by atoms with Gasteiger partial charge in [0.2, 0.25) is 0 Å². The number of rotatable bonds is 4. The molecule has 1 aliphatic rings. The van der Waals surface area contributed by atoms with Crippen LogP contribution in [0.1, 0.15) is 11.5 Å². The molecule has 8 heteroatoms. The zero-order chi connectivity index (χ0) is 19.8. The van der Waals surface area contributed by atoms with Crippen LogP contribution in [0.15, 0.2) is 47.2 Å². The van der Waals surface area contributed by atoms with E-state index in [1.54, 1.807) is 17.7 Å². The Morgan fingerprint density at radius 1 is 1.07 bits per heavy atom. The Morgan fingerprint density at radius 3 is 2.59 bits per heavy atom. The molecule has 1 saturated heterocycles. The SMILES string of the molecule is Cc1cc(CN2CCN(c3ncnc4cc(-c5ccc(Cl)cc5)sc34)CC2)no1. The summed E-state index contributed by atoms with van der Waals surface area (Å²) in [5.74, 6) is 1.88. The van der Waals surface area contributed by atoms with Gasteiger partial charge in [0.25, 0.3) is 0 Å². The molecule has 1 fully saturated rings. The standard InChI is InChI=1S/C21H20ClN5OS/c1-14-10-17(25-28-14)12-26-6-8-27(9-7-26)21-20-18(23-13-24-21)11-19(29-20)15-2-4-16(22)5-3-15/h2-5,10-11,13H,6-9,12H2,1H3. The Labute approximate surface area is 177 Å². The van der Waals surface area contributed by atoms with Gasteiger partial charge in [-0.15, -0.1) is 11.3 Å². The van der Waals surface area contributed by atoms with Gasteiger partial charge in [0.05, 0.1) is 15.9 Å². The average Bonchev–Trinajstić information content (AvgIpc) is 3.35. The highest BCUT2D eigenvalue weighted by molar-refractivity contribution is 7.22. The van der Waals surface area contributed by atoms with E-state index in [2.05, 4.69) is 31.0 Å². The minimum Gasteiger partial charge on any atom is -0.361 e. The van der Waals surface area contributed by atoms with Crippen LogP contribution in [0.2, 0.25) is 5.02 Å². The molecule has 1 aromatic carbocycles. The second-order valence-corrected chi connectivity index (χ2v) is 8.71. The van der Waals surface area contributed by atoms with Gasteiger partial charge in [0.1, 0.15) is 17.9 Å². The minimum atomic E-state index is 0.744. The molecular formula is C21H20ClN5OS. The quantitative estimate of drug-likeness (QED) is 0.475. The zero-order valence-corrected chi connectivity index (χ0v) is 17.6. The molecular weight excluding hydrogens is 406 g/mol. The summed E-state index contributed by atoms with van der Waals surface area (Å²) in [5.41, 5.74) is 3.13. The third kappa shape index (κ3) is 3.85. The summed E-state index contributed by atoms with van der Waals surface area (Å²) in [6.45, 7) is 6.53. The highest BCUT2D eigenvalue weighted by Gasteiger charge is 2.22. The number of nitrogens with zero attached hydrogens (tertiary/aromatic N) is 5. The van der Waals surface area contributed by atoms with E-state index in [4.69, 9.17) is 16.1 Å². The molecule has 1 aliphatic heterocycles. The summed E-state index contributed by atoms with van der Waals surface area (Å²) in [6.07, 6.45) is 1.67. The topological polar surface area (TPSA) is 58.3 Å². The molecule has 0 N–H and O–H groups in total. The fourth-order valence-electron chi connectivity index (χ4n) is 3.66. The van der Waals surface area contributed by atoms with Crippen LogP contribution in [0.5, 0.6) is 0 Å². The monoisotopic (exact) mass is 425 g/mol. The Morgan fingerprint density at radius 2 is 1.86 bits per heavy atom. The maximum absolute atomic E-state index is 6.03. The normalized spacial score (nSPS) is 15.3. The van der Waals surface area contributed by atoms with Gasteiger partial charge < -0.3 is 9.42 Å². The lowest BCUT2D eigenvalue weighted by Crippen LogP contribution is -2.46. The number of aromatic nitrogens is 3. The van der Waals surface area contributed by atoms with Crippen molar-refractivity contribution in [3.8, 4) is 10.4 Å². The number of thiophene rings is 1. The maximum atomic E-state index is 6.03. The summed E-state index contributed by atoms with van der Waals surface area (Å²) in [4.78, 5) is 15.1. The predicted octanol–water partition coefficient (Wildman–Crippen LogP) is 4.63. The Bertz CT molecular complexity index is 1130. The highest BCUT2D eigenvalue weighted by atomic mass is 35.5. The molecule has 4 aromatic rings. The predicted molar refractivity (Wildman–Crippen MR) is 117 cm³/mol. The van der Waals surface area contributed by atoms with Crippen LogP contribution in [0, 0.1) is 6.92 Å². The number of anilines is 1. The van der Waals surface area contributed by atoms with E-state index in [-0.39, 0.29) is 0 Å². The molecule has 0 bridgehead atoms. The molecule has 6 nitrogen and oxygen atoms in total. The Balaban J connectivity index is 1.34. The van der Waals surface area contributed by atoms with E-state index >= 15 is 0 Å². The van der Waals surface area contributed by atoms with Crippen LogP contribution in [0.25, 0.3) is 20.7 Å². The lowest BCUT2D eigenvalue weighted by molar-refractivity contribution is 0.241. The van der Waals surface area contributed by atoms with Crippen LogP contribution in [0.3, 0.4) is 0 Å². The van der Waals surface area contributed by atoms with Gasteiger partial charge in [0.15, 0.2) is 0 Å². The van der Waals surface area contributed by atoms with Crippen LogP contribution in [-0.4, -0.2) is 46.2 Å². The van der Waals surface area contributed by atoms with Crippen molar-refractivity contribution in [2.24, 2.45) is 0 Å². The molecule has 0 aliphatic carbocycles. The van der Waals surface area contributed by atoms with Crippen molar-refractivity contribution in [1.29, 1.82) is 0 Å². The molecule has 148 valence electrons. The molecule has 0 saturated carbocycles. The first kappa shape index (κ1) is 18.5. The number of aryl methyl sites for hydroxylation is 1. The van der Waals surface area contributed by atoms with Crippen molar-refractivity contribution in [3.05, 3.63) is 59.2 Å². The summed E-state index contributed by atoms with van der Waals surface area (Å²) >= 11 is 7.77. The minimum absolute atomic E-state index is 0.744. The molecule has 5 rings (SSSR count). The van der Waals surface area contributed by atoms with E-state index in [0.717, 1.165) is 70.8 Å². The number of hydrogen-bond acceptors (Lipinski definition) is 7. The van der Waals surface area contributed by atoms with Gasteiger partial charge >= 0.3 is 0 Å². The smallest absolute Gasteiger partial charge is 0.150 e. The summed E-state index contributed by atoms with van der Waals surface area (Å²) in [6, 6.07) is 12.1. The van der Waals surface area contributed by atoms with Crippen LogP contribution in [-0.2, 0) is 6.54 Å². The largest absolute Gasteiger partial charge is 0.361 e. The number of fused-ring (bicyclic) bond motifs is 1. The number of benzene rings is 1. The molecule has 0 unspecified atom stereocenters. The molecule has 0 atom stereocenters. The molecule has 4 heterocycles. The maximum Gasteiger partial charge on any atom is 0.150 e. The molecule has 0 radical (unpaired) electrons. The number of hydrogen-bond donors (Lipinski definition) is 0. The molecule has 3 aromatic heterocycles. The van der Waals surface area contributed by atoms with Gasteiger partial charge in [0, 0.05) is 48.7 Å². The van der Waals surface area contributed by atoms with Crippen molar-refractivity contribution in [2.45, 2.75) is 13.5 Å². The fourth-order valence-corrected chi connectivity index (χ4v) is 4.92. The van der Waals surface area contributed by atoms with Crippen LogP contribution < -0.4 is 4.90 Å². The van der Waals surface area contributed by atoms with E-state index in [0.29, 0.717) is 0 Å². The molecule has 29 heavy (non-hydrogen) atoms. The summed E-state index contributed by atoms with van der Waals surface area (Å²) < 4.78 is 6.32. The van der Waals surface area contributed by atoms with Gasteiger partial charge in [-0.25, -0.2) is 9.97 Å². The van der Waals surface area contributed by atoms with E-state index in [1.165, 1.54) is 4.88 Å². The van der Waals surface area contributed by atoms with Crippen LogP contribution in [0.4, 0.5) is 5.82 Å². The Kier molecular flexibility index (Phi) is 4.95. The summed E-state index contributed by atoms with van der Waals surface area (Å²) in [5, 5.41) is 4.85. The van der Waals surface area contributed by atoms with Gasteiger partial charge in [-0.05, 0) is 30.7 Å². The van der Waals surface area contributed by atoms with E-state index in [1.807, 2.05) is 37.3 Å². The third-order valence-electron chi connectivity index (χ3n) is 5.16. The van der Waals surface area contributed by atoms with E-state index in [9.17, 15) is 0 Å². The first-order valence-corrected chi connectivity index (χ1v) is 10.7. The lowest BCUT2D eigenvalue weighted by atomic mass is 10.2. The number of piperazine rings is 1. The van der Waals surface area contributed by atoms with Gasteiger partial charge in [-0.2, -0.15) is 0 Å². The van der Waals surface area contributed by atoms with Gasteiger partial charge in [-0.3, -0.25) is 4.90 Å². The fraction of sp³-hybridized carbons (Fsp3) is 0.286. The first-order chi connectivity index (χ1) is 14.2. The summed E-state index contributed by atoms with van der Waals surface area (Å²) in [7, 11) is 0. The van der Waals surface area contributed by atoms with Crippen molar-refractivity contribution < 1.29 is 4.52 Å². The van der Waals surface area contributed by atoms with Crippen molar-refractivity contribution >= 4 is 39.0 Å². The molecule has 0 spiro atoms. The third-order valence-corrected chi connectivity index (χ3v) is 6.58. The van der Waals surface area contributed by atoms with Crippen LogP contribution >= 0.6 is 22.9 Å². The van der Waals surface area contributed by atoms with Crippen molar-refractivity contribution in [3.63, 3.8) is 0 Å². The number of halogens is 1. The first-order valence-electron chi connectivity index (χ1n) is 9.56. The molecule has 0 amide bonds.